The fourth-order valence-electron chi connectivity index (χ4n) is 3.33. The number of imidazole rings is 1. The summed E-state index contributed by atoms with van der Waals surface area (Å²) in [6.07, 6.45) is 2.53. The summed E-state index contributed by atoms with van der Waals surface area (Å²) in [6.45, 7) is 3.11. The van der Waals surface area contributed by atoms with E-state index in [-0.39, 0.29) is 22.1 Å². The van der Waals surface area contributed by atoms with E-state index >= 15 is 0 Å². The van der Waals surface area contributed by atoms with E-state index in [1.165, 1.54) is 51.7 Å². The largest absolute Gasteiger partial charge is 0.332 e. The highest BCUT2D eigenvalue weighted by Crippen LogP contribution is 2.20. The molecular weight excluding hydrogens is 410 g/mol. The number of benzene rings is 1. The van der Waals surface area contributed by atoms with Crippen molar-refractivity contribution in [2.45, 2.75) is 31.3 Å². The number of hydrogen-bond acceptors (Lipinski definition) is 6. The van der Waals surface area contributed by atoms with Crippen molar-refractivity contribution >= 4 is 32.6 Å². The normalized spacial score (nSPS) is 11.9. The molecule has 2 aromatic heterocycles. The maximum absolute atomic E-state index is 13.1. The van der Waals surface area contributed by atoms with Crippen molar-refractivity contribution in [3.63, 3.8) is 0 Å². The molecule has 160 valence electrons. The molecule has 2 heterocycles. The molecule has 0 atom stereocenters. The number of carbonyl (C=O) groups is 1. The van der Waals surface area contributed by atoms with Crippen LogP contribution in [0, 0.1) is 0 Å². The van der Waals surface area contributed by atoms with Gasteiger partial charge < -0.3 is 9.47 Å². The van der Waals surface area contributed by atoms with Gasteiger partial charge in [0.25, 0.3) is 5.56 Å². The van der Waals surface area contributed by atoms with E-state index in [0.29, 0.717) is 5.69 Å². The number of sulfone groups is 1. The fourth-order valence-corrected chi connectivity index (χ4v) is 3.96. The van der Waals surface area contributed by atoms with Crippen molar-refractivity contribution in [2.75, 3.05) is 11.2 Å². The van der Waals surface area contributed by atoms with Crippen LogP contribution >= 0.6 is 0 Å². The van der Waals surface area contributed by atoms with E-state index in [2.05, 4.69) is 4.98 Å². The Morgan fingerprint density at radius 1 is 1.13 bits per heavy atom. The van der Waals surface area contributed by atoms with Gasteiger partial charge >= 0.3 is 5.69 Å². The van der Waals surface area contributed by atoms with Crippen molar-refractivity contribution in [1.82, 2.24) is 18.7 Å². The fraction of sp³-hybridized carbons (Fsp3) is 0.368. The summed E-state index contributed by atoms with van der Waals surface area (Å²) < 4.78 is 27.0. The van der Waals surface area contributed by atoms with Crippen LogP contribution in [0.2, 0.25) is 0 Å². The Kier molecular flexibility index (Phi) is 5.42. The summed E-state index contributed by atoms with van der Waals surface area (Å²) in [6, 6.07) is 5.60. The molecule has 0 bridgehead atoms. The Bertz CT molecular complexity index is 1350. The van der Waals surface area contributed by atoms with Crippen molar-refractivity contribution in [1.29, 1.82) is 0 Å². The number of aryl methyl sites for hydroxylation is 2. The highest BCUT2D eigenvalue weighted by molar-refractivity contribution is 7.90. The van der Waals surface area contributed by atoms with E-state index in [0.717, 1.165) is 10.8 Å². The second-order valence-corrected chi connectivity index (χ2v) is 9.40. The lowest BCUT2D eigenvalue weighted by Gasteiger charge is -2.27. The first kappa shape index (κ1) is 21.5. The quantitative estimate of drug-likeness (QED) is 0.571. The standard InChI is InChI=1S/C19H23N5O5S/c1-12(2)24(13-6-8-14(9-7-13)30(5,28)29)15(25)10-23-18(26)16-17(20-11-21(16)3)22(4)19(23)27/h6-9,11-12H,10H2,1-5H3. The lowest BCUT2D eigenvalue weighted by molar-refractivity contribution is -0.119. The number of anilines is 1. The number of aromatic nitrogens is 4. The van der Waals surface area contributed by atoms with Crippen molar-refractivity contribution in [3.05, 3.63) is 51.4 Å². The summed E-state index contributed by atoms with van der Waals surface area (Å²) in [5.74, 6) is -0.474. The molecule has 0 spiro atoms. The van der Waals surface area contributed by atoms with Gasteiger partial charge in [0.05, 0.1) is 11.2 Å². The average Bonchev–Trinajstić information content (AvgIpc) is 3.05. The number of hydrogen-bond donors (Lipinski definition) is 0. The summed E-state index contributed by atoms with van der Waals surface area (Å²) in [5, 5.41) is 0. The second-order valence-electron chi connectivity index (χ2n) is 7.38. The monoisotopic (exact) mass is 433 g/mol. The van der Waals surface area contributed by atoms with Crippen LogP contribution in [0.25, 0.3) is 11.2 Å². The van der Waals surface area contributed by atoms with Crippen LogP contribution in [0.15, 0.2) is 45.1 Å². The van der Waals surface area contributed by atoms with Gasteiger partial charge in [0, 0.05) is 32.1 Å². The Hall–Kier alpha value is -3.21. The third-order valence-electron chi connectivity index (χ3n) is 4.82. The molecule has 0 fully saturated rings. The second kappa shape index (κ2) is 7.56. The molecule has 0 aliphatic rings. The zero-order chi connectivity index (χ0) is 22.4. The molecule has 0 saturated carbocycles. The third-order valence-corrected chi connectivity index (χ3v) is 5.95. The predicted octanol–water partition coefficient (Wildman–Crippen LogP) is 0.279. The van der Waals surface area contributed by atoms with Gasteiger partial charge in [-0.15, -0.1) is 0 Å². The van der Waals surface area contributed by atoms with Gasteiger partial charge in [0.1, 0.15) is 6.54 Å². The number of fused-ring (bicyclic) bond motifs is 1. The zero-order valence-corrected chi connectivity index (χ0v) is 18.2. The molecule has 0 aliphatic carbocycles. The minimum atomic E-state index is -3.37. The SMILES string of the molecule is CC(C)N(C(=O)Cn1c(=O)c2c(ncn2C)n(C)c1=O)c1ccc(S(C)(=O)=O)cc1. The number of carbonyl (C=O) groups excluding carboxylic acids is 1. The minimum absolute atomic E-state index is 0.133. The Balaban J connectivity index is 2.04. The maximum Gasteiger partial charge on any atom is 0.332 e. The zero-order valence-electron chi connectivity index (χ0n) is 17.4. The molecule has 0 saturated heterocycles. The van der Waals surface area contributed by atoms with Gasteiger partial charge in [0.2, 0.25) is 5.91 Å². The predicted molar refractivity (Wildman–Crippen MR) is 112 cm³/mol. The van der Waals surface area contributed by atoms with Gasteiger partial charge in [0.15, 0.2) is 21.0 Å². The highest BCUT2D eigenvalue weighted by Gasteiger charge is 2.23. The van der Waals surface area contributed by atoms with Gasteiger partial charge in [-0.05, 0) is 38.1 Å². The number of rotatable bonds is 5. The first-order valence-corrected chi connectivity index (χ1v) is 11.1. The van der Waals surface area contributed by atoms with Gasteiger partial charge in [-0.2, -0.15) is 0 Å². The van der Waals surface area contributed by atoms with Crippen LogP contribution in [-0.2, 0) is 35.3 Å². The van der Waals surface area contributed by atoms with E-state index in [4.69, 9.17) is 0 Å². The van der Waals surface area contributed by atoms with Crippen LogP contribution in [0.3, 0.4) is 0 Å². The highest BCUT2D eigenvalue weighted by atomic mass is 32.2. The first-order chi connectivity index (χ1) is 13.9. The Morgan fingerprint density at radius 2 is 1.73 bits per heavy atom. The minimum Gasteiger partial charge on any atom is -0.328 e. The smallest absolute Gasteiger partial charge is 0.328 e. The average molecular weight is 433 g/mol. The molecule has 1 amide bonds. The molecule has 0 N–H and O–H groups in total. The topological polar surface area (TPSA) is 116 Å². The molecule has 3 aromatic rings. The van der Waals surface area contributed by atoms with Gasteiger partial charge in [-0.1, -0.05) is 0 Å². The number of nitrogens with zero attached hydrogens (tertiary/aromatic N) is 5. The summed E-state index contributed by atoms with van der Waals surface area (Å²) in [7, 11) is -0.247. The molecule has 30 heavy (non-hydrogen) atoms. The summed E-state index contributed by atoms with van der Waals surface area (Å²) >= 11 is 0. The Morgan fingerprint density at radius 3 is 2.27 bits per heavy atom. The lowest BCUT2D eigenvalue weighted by atomic mass is 10.2. The van der Waals surface area contributed by atoms with Crippen LogP contribution in [0.4, 0.5) is 5.69 Å². The van der Waals surface area contributed by atoms with Crippen LogP contribution in [0.1, 0.15) is 13.8 Å². The van der Waals surface area contributed by atoms with Gasteiger partial charge in [-0.3, -0.25) is 14.2 Å². The third kappa shape index (κ3) is 3.67. The Labute approximate surface area is 172 Å². The van der Waals surface area contributed by atoms with E-state index in [1.54, 1.807) is 20.9 Å². The molecule has 0 unspecified atom stereocenters. The molecule has 11 heteroatoms. The molecule has 0 radical (unpaired) electrons. The lowest BCUT2D eigenvalue weighted by Crippen LogP contribution is -2.46. The first-order valence-electron chi connectivity index (χ1n) is 9.16. The molecule has 10 nitrogen and oxygen atoms in total. The van der Waals surface area contributed by atoms with Crippen molar-refractivity contribution in [3.8, 4) is 0 Å². The maximum atomic E-state index is 13.1. The van der Waals surface area contributed by atoms with E-state index in [1.807, 2.05) is 0 Å². The van der Waals surface area contributed by atoms with Gasteiger partial charge in [-0.25, -0.2) is 22.8 Å². The number of amides is 1. The van der Waals surface area contributed by atoms with Crippen LogP contribution in [0.5, 0.6) is 0 Å². The summed E-state index contributed by atoms with van der Waals surface area (Å²) in [5.41, 5.74) is -0.311. The summed E-state index contributed by atoms with van der Waals surface area (Å²) in [4.78, 5) is 44.2. The molecule has 0 aliphatic heterocycles. The van der Waals surface area contributed by atoms with Crippen LogP contribution in [-0.4, -0.2) is 45.3 Å². The van der Waals surface area contributed by atoms with Crippen molar-refractivity contribution < 1.29 is 13.2 Å². The molecule has 3 rings (SSSR count). The van der Waals surface area contributed by atoms with E-state index in [9.17, 15) is 22.8 Å². The molecular formula is C19H23N5O5S. The van der Waals surface area contributed by atoms with E-state index < -0.39 is 33.5 Å². The van der Waals surface area contributed by atoms with Crippen LogP contribution < -0.4 is 16.1 Å². The molecule has 1 aromatic carbocycles. The van der Waals surface area contributed by atoms with Crippen molar-refractivity contribution in [2.24, 2.45) is 14.1 Å².